The summed E-state index contributed by atoms with van der Waals surface area (Å²) < 4.78 is 9.75. The van der Waals surface area contributed by atoms with Crippen molar-refractivity contribution in [2.45, 2.75) is 12.3 Å². The number of allylic oxidation sites excluding steroid dienone is 5. The summed E-state index contributed by atoms with van der Waals surface area (Å²) >= 11 is 0. The summed E-state index contributed by atoms with van der Waals surface area (Å²) in [5.41, 5.74) is 28.6. The van der Waals surface area contributed by atoms with E-state index in [2.05, 4.69) is 337 Å². The van der Waals surface area contributed by atoms with Gasteiger partial charge in [-0.25, -0.2) is 0 Å². The van der Waals surface area contributed by atoms with E-state index in [-0.39, 0.29) is 6.71 Å². The average Bonchev–Trinajstić information content (AvgIpc) is 1.66. The maximum Gasteiger partial charge on any atom is 0.252 e. The van der Waals surface area contributed by atoms with Crippen LogP contribution in [0.2, 0.25) is 0 Å². The molecular weight excluding hydrogens is 1100 g/mol. The van der Waals surface area contributed by atoms with Crippen molar-refractivity contribution in [3.05, 3.63) is 344 Å². The molecule has 5 heterocycles. The third-order valence-electron chi connectivity index (χ3n) is 20.1. The lowest BCUT2D eigenvalue weighted by molar-refractivity contribution is 0.669. The Morgan fingerprint density at radius 2 is 0.989 bits per heavy atom. The maximum atomic E-state index is 7.22. The summed E-state index contributed by atoms with van der Waals surface area (Å²) in [7, 11) is 0. The van der Waals surface area contributed by atoms with Crippen LogP contribution >= 0.6 is 0 Å². The number of anilines is 6. The monoisotopic (exact) mass is 1160 g/mol. The van der Waals surface area contributed by atoms with E-state index in [4.69, 9.17) is 4.42 Å². The minimum atomic E-state index is -0.732. The van der Waals surface area contributed by atoms with Crippen LogP contribution in [0.15, 0.2) is 326 Å². The second-order valence-electron chi connectivity index (χ2n) is 24.5. The van der Waals surface area contributed by atoms with Crippen LogP contribution in [0.3, 0.4) is 0 Å². The molecule has 0 saturated heterocycles. The quantitative estimate of drug-likeness (QED) is 0.135. The van der Waals surface area contributed by atoms with Gasteiger partial charge >= 0.3 is 0 Å². The number of nitrogens with zero attached hydrogens (tertiary/aromatic N) is 3. The third-order valence-corrected chi connectivity index (χ3v) is 20.1. The summed E-state index contributed by atoms with van der Waals surface area (Å²) in [5, 5.41) is 7.13. The highest BCUT2D eigenvalue weighted by Gasteiger charge is 2.50. The van der Waals surface area contributed by atoms with Crippen molar-refractivity contribution in [3.8, 4) is 33.4 Å². The minimum absolute atomic E-state index is 0.287. The molecule has 13 aromatic carbocycles. The second-order valence-corrected chi connectivity index (χ2v) is 24.5. The molecule has 2 aliphatic heterocycles. The number of hydrogen-bond acceptors (Lipinski definition) is 3. The van der Waals surface area contributed by atoms with E-state index in [0.717, 1.165) is 101 Å². The van der Waals surface area contributed by atoms with Gasteiger partial charge in [-0.3, -0.25) is 0 Å². The van der Waals surface area contributed by atoms with E-state index in [1.807, 2.05) is 0 Å². The van der Waals surface area contributed by atoms with Crippen LogP contribution in [0, 0.1) is 0 Å². The summed E-state index contributed by atoms with van der Waals surface area (Å²) in [6.07, 6.45) is 6.62. The SMILES string of the molecule is C=CC1=C(/C=C\C)C(c2ccccc2)(c2ccc3c(c2)B2c4cc5c6cccc7c8ccccc8n(c5cc4N(c4cccc5c4oc4ccccc45)c4cc(-c5ccccc5)cc(c42)N3c2c(-c3ccccc3)cccc2-c2ccccc2)c76)c2ccccc21. The molecule has 0 spiro atoms. The Hall–Kier alpha value is -11.7. The smallest absolute Gasteiger partial charge is 0.252 e. The maximum absolute atomic E-state index is 7.22. The third kappa shape index (κ3) is 7.11. The van der Waals surface area contributed by atoms with Gasteiger partial charge in [0.15, 0.2) is 5.58 Å². The number of benzene rings is 13. The van der Waals surface area contributed by atoms with E-state index in [1.54, 1.807) is 0 Å². The van der Waals surface area contributed by atoms with Gasteiger partial charge in [0.25, 0.3) is 6.71 Å². The van der Waals surface area contributed by atoms with Gasteiger partial charge in [0, 0.05) is 66.2 Å². The van der Waals surface area contributed by atoms with Gasteiger partial charge in [-0.1, -0.05) is 274 Å². The molecule has 424 valence electrons. The van der Waals surface area contributed by atoms with Gasteiger partial charge in [0.1, 0.15) is 5.58 Å². The van der Waals surface area contributed by atoms with Gasteiger partial charge in [0.2, 0.25) is 0 Å². The average molecular weight is 1160 g/mol. The lowest BCUT2D eigenvalue weighted by Gasteiger charge is -2.46. The normalized spacial score (nSPS) is 15.0. The molecule has 19 rings (SSSR count). The molecule has 1 unspecified atom stereocenters. The molecule has 4 nitrogen and oxygen atoms in total. The largest absolute Gasteiger partial charge is 0.454 e. The van der Waals surface area contributed by atoms with E-state index in [0.29, 0.717) is 0 Å². The predicted octanol–water partition coefficient (Wildman–Crippen LogP) is 20.7. The number of hydrogen-bond donors (Lipinski definition) is 0. The number of aromatic nitrogens is 1. The summed E-state index contributed by atoms with van der Waals surface area (Å²) in [4.78, 5) is 5.22. The summed E-state index contributed by atoms with van der Waals surface area (Å²) in [6, 6.07) is 109. The lowest BCUT2D eigenvalue weighted by atomic mass is 9.33. The Morgan fingerprint density at radius 3 is 1.73 bits per heavy atom. The number of furan rings is 1. The Bertz CT molecular complexity index is 5700. The highest BCUT2D eigenvalue weighted by Crippen LogP contribution is 2.58. The molecule has 0 saturated carbocycles. The Balaban J connectivity index is 1.02. The van der Waals surface area contributed by atoms with Gasteiger partial charge in [-0.15, -0.1) is 0 Å². The van der Waals surface area contributed by atoms with E-state index >= 15 is 0 Å². The number of para-hydroxylation sites is 5. The minimum Gasteiger partial charge on any atom is -0.454 e. The molecule has 0 amide bonds. The standard InChI is InChI=1S/C86H56BN3O/c1-3-26-70-60(4-2)63-35-17-20-43-71(63)86(70,58-33-15-8-16-34-58)59-47-48-75-72(51-59)87-73-52-69-67-41-24-40-66-64-36-18-21-44-74(64)89(84(66)67)77(69)53-78(73)88(76-45-25-42-68-65-37-19-22-46-81(65)91-85(68)76)79-49-57(54-27-9-5-10-28-54)50-80(82(79)87)90(75)83-61(55-29-11-6-12-30-55)38-23-39-62(83)56-31-13-7-14-32-56/h3-53H,2H2,1H3/b26-3-. The highest BCUT2D eigenvalue weighted by atomic mass is 16.3. The van der Waals surface area contributed by atoms with Crippen LogP contribution in [-0.2, 0) is 5.41 Å². The van der Waals surface area contributed by atoms with Crippen LogP contribution in [0.4, 0.5) is 34.1 Å². The first-order chi connectivity index (χ1) is 45.1. The molecule has 0 N–H and O–H groups in total. The van der Waals surface area contributed by atoms with Crippen LogP contribution in [0.25, 0.3) is 99.0 Å². The highest BCUT2D eigenvalue weighted by molar-refractivity contribution is 7.00. The van der Waals surface area contributed by atoms with Crippen LogP contribution < -0.4 is 26.2 Å². The second kappa shape index (κ2) is 19.7. The van der Waals surface area contributed by atoms with E-state index in [1.165, 1.54) is 76.8 Å². The fraction of sp³-hybridized carbons (Fsp3) is 0.0233. The van der Waals surface area contributed by atoms with Gasteiger partial charge in [0.05, 0.1) is 33.3 Å². The topological polar surface area (TPSA) is 24.0 Å². The van der Waals surface area contributed by atoms with Crippen LogP contribution in [0.5, 0.6) is 0 Å². The van der Waals surface area contributed by atoms with Crippen LogP contribution in [-0.4, -0.2) is 11.1 Å². The fourth-order valence-electron chi connectivity index (χ4n) is 16.5. The number of rotatable bonds is 9. The zero-order valence-electron chi connectivity index (χ0n) is 50.0. The van der Waals surface area contributed by atoms with Crippen molar-refractivity contribution in [1.29, 1.82) is 0 Å². The first-order valence-electron chi connectivity index (χ1n) is 31.6. The summed E-state index contributed by atoms with van der Waals surface area (Å²) in [6.45, 7) is 6.41. The predicted molar refractivity (Wildman–Crippen MR) is 383 cm³/mol. The first kappa shape index (κ1) is 51.4. The Kier molecular flexibility index (Phi) is 11.1. The van der Waals surface area contributed by atoms with Crippen molar-refractivity contribution in [1.82, 2.24) is 4.40 Å². The molecule has 91 heavy (non-hydrogen) atoms. The van der Waals surface area contributed by atoms with Crippen LogP contribution in [0.1, 0.15) is 29.2 Å². The molecule has 0 fully saturated rings. The molecule has 3 aliphatic rings. The van der Waals surface area contributed by atoms with Gasteiger partial charge < -0.3 is 18.6 Å². The Labute approximate surface area is 527 Å². The molecule has 0 bridgehead atoms. The van der Waals surface area contributed by atoms with Gasteiger partial charge in [-0.2, -0.15) is 0 Å². The molecule has 0 radical (unpaired) electrons. The number of fused-ring (bicyclic) bond motifs is 14. The van der Waals surface area contributed by atoms with Crippen molar-refractivity contribution < 1.29 is 4.42 Å². The first-order valence-corrected chi connectivity index (χ1v) is 31.6. The lowest BCUT2D eigenvalue weighted by Crippen LogP contribution is -2.61. The molecule has 1 aliphatic carbocycles. The van der Waals surface area contributed by atoms with E-state index in [9.17, 15) is 0 Å². The zero-order chi connectivity index (χ0) is 60.1. The van der Waals surface area contributed by atoms with Crippen molar-refractivity contribution in [2.24, 2.45) is 0 Å². The molecular formula is C86H56BN3O. The molecule has 1 atom stereocenters. The van der Waals surface area contributed by atoms with E-state index < -0.39 is 5.41 Å². The van der Waals surface area contributed by atoms with Gasteiger partial charge in [-0.05, 0) is 121 Å². The fourth-order valence-corrected chi connectivity index (χ4v) is 16.5. The molecule has 16 aromatic rings. The molecule has 5 heteroatoms. The molecule has 3 aromatic heterocycles. The van der Waals surface area contributed by atoms with Crippen molar-refractivity contribution in [2.75, 3.05) is 9.80 Å². The van der Waals surface area contributed by atoms with Crippen molar-refractivity contribution >= 4 is 123 Å². The van der Waals surface area contributed by atoms with Crippen molar-refractivity contribution in [3.63, 3.8) is 0 Å². The zero-order valence-corrected chi connectivity index (χ0v) is 50.0. The Morgan fingerprint density at radius 1 is 0.407 bits per heavy atom. The summed E-state index contributed by atoms with van der Waals surface area (Å²) in [5.74, 6) is 0.